The van der Waals surface area contributed by atoms with Crippen LogP contribution in [0.5, 0.6) is 0 Å². The van der Waals surface area contributed by atoms with Crippen LogP contribution < -0.4 is 0 Å². The summed E-state index contributed by atoms with van der Waals surface area (Å²) in [5, 5.41) is 0. The molecule has 144 valence electrons. The predicted molar refractivity (Wildman–Crippen MR) is 94.4 cm³/mol. The van der Waals surface area contributed by atoms with Crippen LogP contribution in [0.1, 0.15) is 66.2 Å². The third-order valence-electron chi connectivity index (χ3n) is 9.15. The van der Waals surface area contributed by atoms with Gasteiger partial charge >= 0.3 is 6.16 Å². The molecule has 4 saturated carbocycles. The van der Waals surface area contributed by atoms with Crippen LogP contribution in [0.2, 0.25) is 0 Å². The molecule has 4 rings (SSSR count). The molecule has 5 nitrogen and oxygen atoms in total. The van der Waals surface area contributed by atoms with Crippen molar-refractivity contribution in [2.45, 2.75) is 66.2 Å². The zero-order chi connectivity index (χ0) is 19.0. The van der Waals surface area contributed by atoms with Crippen molar-refractivity contribution < 1.29 is 23.9 Å². The van der Waals surface area contributed by atoms with E-state index in [9.17, 15) is 14.4 Å². The normalized spacial score (nSPS) is 41.7. The number of hydrogen-bond acceptors (Lipinski definition) is 5. The Morgan fingerprint density at radius 1 is 0.846 bits per heavy atom. The monoisotopic (exact) mass is 362 g/mol. The van der Waals surface area contributed by atoms with Gasteiger partial charge in [0.2, 0.25) is 0 Å². The molecule has 4 unspecified atom stereocenters. The van der Waals surface area contributed by atoms with Crippen molar-refractivity contribution in [3.8, 4) is 0 Å². The summed E-state index contributed by atoms with van der Waals surface area (Å²) in [6.07, 6.45) is 4.06. The van der Waals surface area contributed by atoms with Gasteiger partial charge in [-0.2, -0.15) is 0 Å². The number of ketones is 2. The molecule has 0 heterocycles. The highest BCUT2D eigenvalue weighted by atomic mass is 16.7. The second kappa shape index (κ2) is 5.32. The van der Waals surface area contributed by atoms with Gasteiger partial charge in [-0.05, 0) is 48.3 Å². The quantitative estimate of drug-likeness (QED) is 0.709. The number of carbonyl (C=O) groups excluding carboxylic acids is 3. The van der Waals surface area contributed by atoms with Crippen molar-refractivity contribution in [3.05, 3.63) is 0 Å². The summed E-state index contributed by atoms with van der Waals surface area (Å²) >= 11 is 0. The Labute approximate surface area is 155 Å². The summed E-state index contributed by atoms with van der Waals surface area (Å²) in [7, 11) is 0. The Bertz CT molecular complexity index is 622. The molecule has 0 aromatic heterocycles. The summed E-state index contributed by atoms with van der Waals surface area (Å²) in [5.74, 6) is 1.22. The predicted octanol–water partition coefficient (Wildman–Crippen LogP) is 3.93. The number of carbonyl (C=O) groups is 3. The third-order valence-corrected chi connectivity index (χ3v) is 9.15. The Hall–Kier alpha value is -1.39. The molecular weight excluding hydrogens is 332 g/mol. The zero-order valence-electron chi connectivity index (χ0n) is 16.4. The van der Waals surface area contributed by atoms with E-state index < -0.39 is 17.0 Å². The van der Waals surface area contributed by atoms with Crippen LogP contribution in [0.3, 0.4) is 0 Å². The lowest BCUT2D eigenvalue weighted by molar-refractivity contribution is -0.134. The third kappa shape index (κ3) is 2.00. The maximum atomic E-state index is 12.5. The van der Waals surface area contributed by atoms with Gasteiger partial charge in [0, 0.05) is 12.8 Å². The number of ether oxygens (including phenoxy) is 2. The van der Waals surface area contributed by atoms with E-state index in [0.29, 0.717) is 24.7 Å². The highest BCUT2D eigenvalue weighted by molar-refractivity contribution is 5.90. The Balaban J connectivity index is 1.39. The SMILES string of the molecule is CC1(C)C2CCC1(COC(=O)OCC13CCC(CC1=O)C3(C)C)C(=O)C2. The van der Waals surface area contributed by atoms with Crippen LogP contribution in [0.25, 0.3) is 0 Å². The van der Waals surface area contributed by atoms with Crippen LogP contribution in [0, 0.1) is 33.5 Å². The fourth-order valence-electron chi connectivity index (χ4n) is 6.62. The van der Waals surface area contributed by atoms with Crippen molar-refractivity contribution in [2.24, 2.45) is 33.5 Å². The number of hydrogen-bond donors (Lipinski definition) is 0. The fraction of sp³-hybridized carbons (Fsp3) is 0.857. The van der Waals surface area contributed by atoms with Crippen LogP contribution in [-0.4, -0.2) is 30.9 Å². The molecule has 0 aromatic carbocycles. The largest absolute Gasteiger partial charge is 0.508 e. The molecule has 4 atom stereocenters. The summed E-state index contributed by atoms with van der Waals surface area (Å²) in [5.41, 5.74) is -1.39. The maximum absolute atomic E-state index is 12.5. The first-order valence-electron chi connectivity index (χ1n) is 9.93. The molecule has 0 spiro atoms. The van der Waals surface area contributed by atoms with Gasteiger partial charge in [0.15, 0.2) is 0 Å². The second-order valence-corrected chi connectivity index (χ2v) is 10.2. The van der Waals surface area contributed by atoms with E-state index in [-0.39, 0.29) is 35.6 Å². The molecule has 4 aliphatic carbocycles. The van der Waals surface area contributed by atoms with Gasteiger partial charge in [0.05, 0.1) is 10.8 Å². The zero-order valence-corrected chi connectivity index (χ0v) is 16.4. The van der Waals surface area contributed by atoms with E-state index in [2.05, 4.69) is 27.7 Å². The molecule has 0 N–H and O–H groups in total. The Morgan fingerprint density at radius 3 is 1.50 bits per heavy atom. The molecule has 4 fully saturated rings. The first-order valence-corrected chi connectivity index (χ1v) is 9.93. The molecule has 4 bridgehead atoms. The lowest BCUT2D eigenvalue weighted by Gasteiger charge is -2.37. The van der Waals surface area contributed by atoms with Crippen LogP contribution >= 0.6 is 0 Å². The van der Waals surface area contributed by atoms with Gasteiger partial charge in [-0.25, -0.2) is 4.79 Å². The number of rotatable bonds is 4. The molecule has 26 heavy (non-hydrogen) atoms. The van der Waals surface area contributed by atoms with Gasteiger partial charge in [-0.15, -0.1) is 0 Å². The smallest absolute Gasteiger partial charge is 0.433 e. The first-order chi connectivity index (χ1) is 12.1. The van der Waals surface area contributed by atoms with E-state index in [1.165, 1.54) is 0 Å². The molecule has 0 aromatic rings. The average molecular weight is 362 g/mol. The van der Waals surface area contributed by atoms with Crippen molar-refractivity contribution >= 4 is 17.7 Å². The minimum Gasteiger partial charge on any atom is -0.433 e. The maximum Gasteiger partial charge on any atom is 0.508 e. The van der Waals surface area contributed by atoms with Gasteiger partial charge in [-0.3, -0.25) is 9.59 Å². The lowest BCUT2D eigenvalue weighted by atomic mass is 9.69. The fourth-order valence-corrected chi connectivity index (χ4v) is 6.62. The molecule has 0 amide bonds. The van der Waals surface area contributed by atoms with Crippen molar-refractivity contribution in [2.75, 3.05) is 13.2 Å². The summed E-state index contributed by atoms with van der Waals surface area (Å²) in [6, 6.07) is 0. The summed E-state index contributed by atoms with van der Waals surface area (Å²) in [4.78, 5) is 37.3. The summed E-state index contributed by atoms with van der Waals surface area (Å²) in [6.45, 7) is 8.65. The topological polar surface area (TPSA) is 69.7 Å². The Morgan fingerprint density at radius 2 is 1.23 bits per heavy atom. The van der Waals surface area contributed by atoms with Crippen LogP contribution in [-0.2, 0) is 19.1 Å². The first kappa shape index (κ1) is 18.0. The van der Waals surface area contributed by atoms with Gasteiger partial charge in [0.1, 0.15) is 24.8 Å². The van der Waals surface area contributed by atoms with Gasteiger partial charge in [-0.1, -0.05) is 27.7 Å². The van der Waals surface area contributed by atoms with Crippen molar-refractivity contribution in [1.29, 1.82) is 0 Å². The van der Waals surface area contributed by atoms with E-state index >= 15 is 0 Å². The second-order valence-electron chi connectivity index (χ2n) is 10.2. The molecule has 0 aliphatic heterocycles. The minimum atomic E-state index is -0.744. The molecule has 0 radical (unpaired) electrons. The van der Waals surface area contributed by atoms with Gasteiger partial charge < -0.3 is 9.47 Å². The van der Waals surface area contributed by atoms with E-state index in [4.69, 9.17) is 9.47 Å². The molecule has 4 aliphatic rings. The Kier molecular flexibility index (Phi) is 3.69. The number of Topliss-reactive ketones (excluding diaryl/α,β-unsaturated/α-hetero) is 2. The molecule has 5 heteroatoms. The minimum absolute atomic E-state index is 0.0983. The number of fused-ring (bicyclic) bond motifs is 4. The standard InChI is InChI=1S/C21H30O5/c1-18(2)13-5-7-20(18,15(22)9-13)11-25-17(24)26-12-21-8-6-14(10-16(21)23)19(21,3)4/h13-14H,5-12H2,1-4H3. The van der Waals surface area contributed by atoms with E-state index in [1.807, 2.05) is 0 Å². The molecular formula is C21H30O5. The van der Waals surface area contributed by atoms with Crippen molar-refractivity contribution in [3.63, 3.8) is 0 Å². The van der Waals surface area contributed by atoms with Gasteiger partial charge in [0.25, 0.3) is 0 Å². The van der Waals surface area contributed by atoms with Crippen molar-refractivity contribution in [1.82, 2.24) is 0 Å². The van der Waals surface area contributed by atoms with Crippen LogP contribution in [0.4, 0.5) is 4.79 Å². The van der Waals surface area contributed by atoms with E-state index in [0.717, 1.165) is 25.7 Å². The van der Waals surface area contributed by atoms with E-state index in [1.54, 1.807) is 0 Å². The average Bonchev–Trinajstić information content (AvgIpc) is 3.11. The molecule has 0 saturated heterocycles. The highest BCUT2D eigenvalue weighted by Crippen LogP contribution is 2.65. The highest BCUT2D eigenvalue weighted by Gasteiger charge is 2.66. The summed E-state index contributed by atoms with van der Waals surface area (Å²) < 4.78 is 10.9. The van der Waals surface area contributed by atoms with Crippen LogP contribution in [0.15, 0.2) is 0 Å². The lowest BCUT2D eigenvalue weighted by Crippen LogP contribution is -2.42.